The molecule has 0 saturated carbocycles. The maximum Gasteiger partial charge on any atom is 0.243 e. The van der Waals surface area contributed by atoms with E-state index in [0.29, 0.717) is 19.4 Å². The summed E-state index contributed by atoms with van der Waals surface area (Å²) in [6.07, 6.45) is 3.98. The summed E-state index contributed by atoms with van der Waals surface area (Å²) in [4.78, 5) is 40.5. The van der Waals surface area contributed by atoms with Gasteiger partial charge in [0, 0.05) is 36.4 Å². The number of amides is 3. The molecule has 2 aromatic rings. The summed E-state index contributed by atoms with van der Waals surface area (Å²) < 4.78 is 11.8. The molecule has 0 radical (unpaired) electrons. The minimum Gasteiger partial charge on any atom is -0.508 e. The van der Waals surface area contributed by atoms with Crippen molar-refractivity contribution in [3.8, 4) is 5.75 Å². The third kappa shape index (κ3) is 11.3. The highest BCUT2D eigenvalue weighted by atomic mass is 32.2. The second kappa shape index (κ2) is 17.2. The fraction of sp³-hybridized carbons (Fsp3) is 0.414. The molecule has 2 aromatic carbocycles. The largest absolute Gasteiger partial charge is 0.508 e. The van der Waals surface area contributed by atoms with Crippen LogP contribution in [-0.2, 0) is 38.0 Å². The van der Waals surface area contributed by atoms with Crippen LogP contribution < -0.4 is 16.0 Å². The van der Waals surface area contributed by atoms with E-state index in [9.17, 15) is 28.8 Å². The average Bonchev–Trinajstić information content (AvgIpc) is 2.95. The van der Waals surface area contributed by atoms with Crippen LogP contribution in [0.15, 0.2) is 67.3 Å². The average molecular weight is 573 g/mol. The van der Waals surface area contributed by atoms with E-state index in [4.69, 9.17) is 0 Å². The summed E-state index contributed by atoms with van der Waals surface area (Å²) in [6, 6.07) is 13.7. The Labute approximate surface area is 238 Å². The molecule has 218 valence electrons. The van der Waals surface area contributed by atoms with Gasteiger partial charge in [-0.05, 0) is 42.5 Å². The van der Waals surface area contributed by atoms with Crippen LogP contribution in [0.1, 0.15) is 17.5 Å². The number of aliphatic hydroxyl groups excluding tert-OH is 1. The number of carbonyl (C=O) groups excluding carboxylic acids is 3. The van der Waals surface area contributed by atoms with Gasteiger partial charge in [-0.2, -0.15) is 0 Å². The van der Waals surface area contributed by atoms with Crippen molar-refractivity contribution >= 4 is 28.5 Å². The lowest BCUT2D eigenvalue weighted by atomic mass is 10.0. The zero-order valence-corrected chi connectivity index (χ0v) is 23.9. The molecular formula is C29H40N4O6S. The van der Waals surface area contributed by atoms with Crippen molar-refractivity contribution in [2.75, 3.05) is 38.8 Å². The number of hydrogen-bond acceptors (Lipinski definition) is 7. The first kappa shape index (κ1) is 32.7. The zero-order valence-electron chi connectivity index (χ0n) is 23.0. The lowest BCUT2D eigenvalue weighted by molar-refractivity contribution is -0.135. The molecule has 40 heavy (non-hydrogen) atoms. The molecule has 0 aliphatic rings. The Balaban J connectivity index is 2.05. The van der Waals surface area contributed by atoms with Crippen LogP contribution in [0.3, 0.4) is 0 Å². The standard InChI is InChI=1S/C29H40N4O6S/c1-4-15-30-26(18-22-10-12-24(35)13-11-22)29(38)32-25(14-16-40(3)39)28(37)31-19-27(36)33(2)23(20-34)17-21-8-6-5-7-9-21/h4-13,23,25-26,30,34-35H,1,14-20H2,2-3H3,(H,31,37)(H,32,38)/t23-,25-,26-,40?/m0/s1. The number of benzene rings is 2. The number of nitrogens with one attached hydrogen (secondary N) is 3. The van der Waals surface area contributed by atoms with Crippen molar-refractivity contribution in [1.29, 1.82) is 0 Å². The van der Waals surface area contributed by atoms with Crippen LogP contribution in [0.2, 0.25) is 0 Å². The molecule has 0 fully saturated rings. The molecule has 0 saturated heterocycles. The summed E-state index contributed by atoms with van der Waals surface area (Å²) in [5.74, 6) is -1.12. The van der Waals surface area contributed by atoms with Gasteiger partial charge in [0.25, 0.3) is 0 Å². The molecule has 0 aromatic heterocycles. The highest BCUT2D eigenvalue weighted by molar-refractivity contribution is 7.84. The third-order valence-corrected chi connectivity index (χ3v) is 7.22. The van der Waals surface area contributed by atoms with E-state index in [0.717, 1.165) is 11.1 Å². The smallest absolute Gasteiger partial charge is 0.243 e. The Bertz CT molecular complexity index is 1130. The molecule has 0 bridgehead atoms. The zero-order chi connectivity index (χ0) is 29.5. The number of phenols is 1. The van der Waals surface area contributed by atoms with Gasteiger partial charge in [-0.15, -0.1) is 6.58 Å². The normalized spacial score (nSPS) is 13.9. The van der Waals surface area contributed by atoms with Crippen LogP contribution in [0.5, 0.6) is 5.75 Å². The molecule has 10 nitrogen and oxygen atoms in total. The van der Waals surface area contributed by atoms with E-state index in [1.54, 1.807) is 25.3 Å². The van der Waals surface area contributed by atoms with E-state index < -0.39 is 46.6 Å². The van der Waals surface area contributed by atoms with Crippen LogP contribution in [0, 0.1) is 0 Å². The molecule has 0 heterocycles. The van der Waals surface area contributed by atoms with E-state index in [2.05, 4.69) is 22.5 Å². The Morgan fingerprint density at radius 1 is 1.00 bits per heavy atom. The minimum absolute atomic E-state index is 0.110. The Morgan fingerprint density at radius 2 is 1.65 bits per heavy atom. The molecule has 1 unspecified atom stereocenters. The maximum absolute atomic E-state index is 13.2. The number of phenolic OH excluding ortho intramolecular Hbond substituents is 1. The summed E-state index contributed by atoms with van der Waals surface area (Å²) >= 11 is 0. The molecule has 3 amide bonds. The first-order chi connectivity index (χ1) is 19.1. The number of aromatic hydroxyl groups is 1. The van der Waals surface area contributed by atoms with Crippen LogP contribution in [-0.4, -0.2) is 93.9 Å². The van der Waals surface area contributed by atoms with Gasteiger partial charge in [0.05, 0.1) is 25.2 Å². The number of aliphatic hydroxyl groups is 1. The molecule has 0 aliphatic heterocycles. The first-order valence-corrected chi connectivity index (χ1v) is 14.8. The van der Waals surface area contributed by atoms with Crippen LogP contribution >= 0.6 is 0 Å². The second-order valence-electron chi connectivity index (χ2n) is 9.50. The third-order valence-electron chi connectivity index (χ3n) is 6.41. The van der Waals surface area contributed by atoms with Gasteiger partial charge in [-0.25, -0.2) is 0 Å². The van der Waals surface area contributed by atoms with Gasteiger partial charge >= 0.3 is 0 Å². The number of rotatable bonds is 17. The van der Waals surface area contributed by atoms with Crippen molar-refractivity contribution in [2.24, 2.45) is 0 Å². The summed E-state index contributed by atoms with van der Waals surface area (Å²) in [5, 5.41) is 27.8. The summed E-state index contributed by atoms with van der Waals surface area (Å²) in [6.45, 7) is 3.45. The van der Waals surface area contributed by atoms with Gasteiger partial charge in [0.15, 0.2) is 0 Å². The molecular weight excluding hydrogens is 532 g/mol. The number of hydrogen-bond donors (Lipinski definition) is 5. The van der Waals surface area contributed by atoms with E-state index in [1.807, 2.05) is 30.3 Å². The number of nitrogens with zero attached hydrogens (tertiary/aromatic N) is 1. The van der Waals surface area contributed by atoms with Crippen molar-refractivity contribution in [1.82, 2.24) is 20.9 Å². The van der Waals surface area contributed by atoms with Crippen LogP contribution in [0.25, 0.3) is 0 Å². The Morgan fingerprint density at radius 3 is 2.25 bits per heavy atom. The number of likely N-dealkylation sites (N-methyl/N-ethyl adjacent to an activating group) is 1. The van der Waals surface area contributed by atoms with Gasteiger partial charge in [-0.3, -0.25) is 18.6 Å². The van der Waals surface area contributed by atoms with Gasteiger partial charge in [0.1, 0.15) is 11.8 Å². The highest BCUT2D eigenvalue weighted by Gasteiger charge is 2.27. The fourth-order valence-electron chi connectivity index (χ4n) is 4.00. The molecule has 0 spiro atoms. The van der Waals surface area contributed by atoms with Crippen LogP contribution in [0.4, 0.5) is 0 Å². The Kier molecular flexibility index (Phi) is 14.1. The highest BCUT2D eigenvalue weighted by Crippen LogP contribution is 2.12. The predicted molar refractivity (Wildman–Crippen MR) is 156 cm³/mol. The minimum atomic E-state index is -1.20. The molecule has 11 heteroatoms. The van der Waals surface area contributed by atoms with E-state index in [-0.39, 0.29) is 31.1 Å². The topological polar surface area (TPSA) is 148 Å². The van der Waals surface area contributed by atoms with Crippen molar-refractivity contribution in [2.45, 2.75) is 37.4 Å². The lowest BCUT2D eigenvalue weighted by Crippen LogP contribution is -2.55. The quantitative estimate of drug-likeness (QED) is 0.174. The first-order valence-electron chi connectivity index (χ1n) is 13.0. The Hall–Kier alpha value is -3.54. The SMILES string of the molecule is C=CCN[C@@H](Cc1ccc(O)cc1)C(=O)N[C@@H](CCS(C)=O)C(=O)NCC(=O)N(C)[C@H](CO)Cc1ccccc1. The van der Waals surface area contributed by atoms with Crippen molar-refractivity contribution < 1.29 is 28.8 Å². The predicted octanol–water partition coefficient (Wildman–Crippen LogP) is 0.511. The molecule has 0 aliphatic carbocycles. The van der Waals surface area contributed by atoms with Gasteiger partial charge in [0.2, 0.25) is 17.7 Å². The molecule has 2 rings (SSSR count). The van der Waals surface area contributed by atoms with Gasteiger partial charge < -0.3 is 31.1 Å². The summed E-state index contributed by atoms with van der Waals surface area (Å²) in [7, 11) is 0.366. The number of carbonyl (C=O) groups is 3. The fourth-order valence-corrected chi connectivity index (χ4v) is 4.57. The monoisotopic (exact) mass is 572 g/mol. The van der Waals surface area contributed by atoms with Crippen molar-refractivity contribution in [3.63, 3.8) is 0 Å². The van der Waals surface area contributed by atoms with Gasteiger partial charge in [-0.1, -0.05) is 48.5 Å². The molecule has 5 N–H and O–H groups in total. The van der Waals surface area contributed by atoms with E-state index in [1.165, 1.54) is 23.3 Å². The molecule has 4 atom stereocenters. The lowest BCUT2D eigenvalue weighted by Gasteiger charge is -2.27. The van der Waals surface area contributed by atoms with Crippen molar-refractivity contribution in [3.05, 3.63) is 78.4 Å². The summed E-state index contributed by atoms with van der Waals surface area (Å²) in [5.41, 5.74) is 1.76. The second-order valence-corrected chi connectivity index (χ2v) is 11.1. The maximum atomic E-state index is 13.2. The van der Waals surface area contributed by atoms with E-state index >= 15 is 0 Å².